The minimum atomic E-state index is -3.51. The van der Waals surface area contributed by atoms with Crippen LogP contribution in [0.3, 0.4) is 0 Å². The quantitative estimate of drug-likeness (QED) is 0.292. The van der Waals surface area contributed by atoms with Gasteiger partial charge >= 0.3 is 21.1 Å². The third-order valence-corrected chi connectivity index (χ3v) is 3.00. The average Bonchev–Trinajstić information content (AvgIpc) is 2.03. The van der Waals surface area contributed by atoms with Crippen molar-refractivity contribution < 1.29 is 67.5 Å². The molecule has 4 unspecified atom stereocenters. The average molecular weight is 522 g/mol. The molecule has 17 heavy (non-hydrogen) atoms. The van der Waals surface area contributed by atoms with Crippen molar-refractivity contribution in [2.45, 2.75) is 0 Å². The van der Waals surface area contributed by atoms with Crippen LogP contribution in [0.4, 0.5) is 0 Å². The summed E-state index contributed by atoms with van der Waals surface area (Å²) >= 11 is 4.64. The van der Waals surface area contributed by atoms with Gasteiger partial charge in [-0.05, 0) is 0 Å². The molecule has 0 aliphatic carbocycles. The maximum atomic E-state index is 9.29. The molecule has 0 amide bonds. The predicted octanol–water partition coefficient (Wildman–Crippen LogP) is -2.14. The van der Waals surface area contributed by atoms with Gasteiger partial charge < -0.3 is 37.8 Å². The fraction of sp³-hybridized carbons (Fsp3) is 1.00. The summed E-state index contributed by atoms with van der Waals surface area (Å²) in [5, 5.41) is 0. The zero-order chi connectivity index (χ0) is 13.7. The minimum absolute atomic E-state index is 0. The van der Waals surface area contributed by atoms with Crippen LogP contribution in [-0.2, 0) is 47.9 Å². The molecule has 0 aliphatic rings. The summed E-state index contributed by atoms with van der Waals surface area (Å²) in [5.41, 5.74) is 0. The second kappa shape index (κ2) is 20.0. The zero-order valence-corrected chi connectivity index (χ0v) is 15.6. The van der Waals surface area contributed by atoms with E-state index in [0.29, 0.717) is 0 Å². The maximum absolute atomic E-state index is 9.29. The normalized spacial score (nSPS) is 15.6. The van der Waals surface area contributed by atoms with E-state index < -0.39 is 33.0 Å². The molecule has 0 bridgehead atoms. The van der Waals surface area contributed by atoms with Crippen LogP contribution < -0.4 is 19.6 Å². The van der Waals surface area contributed by atoms with E-state index in [-0.39, 0.29) is 21.1 Å². The molecule has 104 valence electrons. The molecule has 0 aromatic carbocycles. The number of hydrogen-bond donors (Lipinski definition) is 0. The van der Waals surface area contributed by atoms with Crippen LogP contribution in [-0.4, -0.2) is 6.38 Å². The Balaban J connectivity index is -0.0000000823. The molecule has 0 spiro atoms. The van der Waals surface area contributed by atoms with Gasteiger partial charge in [0.25, 0.3) is 0 Å². The topological polar surface area (TPSA) is 179 Å². The van der Waals surface area contributed by atoms with Gasteiger partial charge in [0.15, 0.2) is 0 Å². The molecule has 0 radical (unpaired) electrons. The molecule has 4 atom stereocenters. The molecule has 0 N–H and O–H groups in total. The summed E-state index contributed by atoms with van der Waals surface area (Å²) in [7, 11) is -14.1. The molecule has 10 nitrogen and oxygen atoms in total. The summed E-state index contributed by atoms with van der Waals surface area (Å²) in [6.07, 6.45) is 1.47. The third kappa shape index (κ3) is 46.4. The van der Waals surface area contributed by atoms with Crippen LogP contribution in [0.5, 0.6) is 0 Å². The molecular formula is CH7ClO10P4W. The van der Waals surface area contributed by atoms with E-state index in [9.17, 15) is 37.8 Å². The summed E-state index contributed by atoms with van der Waals surface area (Å²) in [4.78, 5) is 37.1. The van der Waals surface area contributed by atoms with E-state index in [1.807, 2.05) is 0 Å². The molecule has 0 aromatic heterocycles. The summed E-state index contributed by atoms with van der Waals surface area (Å²) in [6, 6.07) is 0. The van der Waals surface area contributed by atoms with E-state index in [1.54, 1.807) is 0 Å². The van der Waals surface area contributed by atoms with Gasteiger partial charge in [-0.3, -0.25) is 8.62 Å². The Morgan fingerprint density at radius 3 is 0.824 bits per heavy atom. The second-order valence-electron chi connectivity index (χ2n) is 1.20. The van der Waals surface area contributed by atoms with Crippen molar-refractivity contribution in [1.29, 1.82) is 0 Å². The van der Waals surface area contributed by atoms with Gasteiger partial charge in [-0.15, -0.1) is 11.6 Å². The SMILES string of the molecule is CCl.O=[PH]([O-])O[PH](=O)[O-].O=[PH]([O-])O[PH](=O)[O-].[W+4]. The van der Waals surface area contributed by atoms with Crippen LogP contribution in [0, 0.1) is 0 Å². The van der Waals surface area contributed by atoms with Crippen molar-refractivity contribution in [3.8, 4) is 0 Å². The minimum Gasteiger partial charge on any atom is -0.781 e. The molecule has 0 aromatic rings. The Kier molecular flexibility index (Phi) is 31.8. The Morgan fingerprint density at radius 1 is 0.706 bits per heavy atom. The zero-order valence-electron chi connectivity index (χ0n) is 7.87. The molecule has 0 fully saturated rings. The van der Waals surface area contributed by atoms with Crippen molar-refractivity contribution in [3.05, 3.63) is 0 Å². The van der Waals surface area contributed by atoms with Crippen molar-refractivity contribution in [2.75, 3.05) is 6.38 Å². The maximum Gasteiger partial charge on any atom is 4.00 e. The van der Waals surface area contributed by atoms with Crippen LogP contribution in [0.25, 0.3) is 0 Å². The van der Waals surface area contributed by atoms with Crippen LogP contribution >= 0.6 is 44.6 Å². The van der Waals surface area contributed by atoms with Crippen molar-refractivity contribution in [2.24, 2.45) is 0 Å². The van der Waals surface area contributed by atoms with Gasteiger partial charge in [-0.25, -0.2) is 0 Å². The van der Waals surface area contributed by atoms with E-state index in [2.05, 4.69) is 20.2 Å². The molecule has 0 saturated carbocycles. The molecular weight excluding hydrogens is 515 g/mol. The smallest absolute Gasteiger partial charge is 0.781 e. The number of rotatable bonds is 4. The molecule has 0 saturated heterocycles. The molecule has 0 heterocycles. The fourth-order valence-electron chi connectivity index (χ4n) is 0.136. The monoisotopic (exact) mass is 522 g/mol. The van der Waals surface area contributed by atoms with Crippen LogP contribution in [0.15, 0.2) is 0 Å². The first-order valence-corrected chi connectivity index (χ1v) is 8.48. The molecule has 0 aliphatic heterocycles. The second-order valence-corrected chi connectivity index (χ2v) is 4.84. The third-order valence-electron chi connectivity index (χ3n) is 0.333. The number of halogens is 1. The summed E-state index contributed by atoms with van der Waals surface area (Å²) in [5.74, 6) is 0. The Labute approximate surface area is 118 Å². The van der Waals surface area contributed by atoms with Gasteiger partial charge in [0, 0.05) is 6.38 Å². The Morgan fingerprint density at radius 2 is 0.824 bits per heavy atom. The van der Waals surface area contributed by atoms with E-state index in [1.165, 1.54) is 6.38 Å². The fourth-order valence-corrected chi connectivity index (χ4v) is 1.22. The van der Waals surface area contributed by atoms with Gasteiger partial charge in [0.1, 0.15) is 33.0 Å². The van der Waals surface area contributed by atoms with E-state index in [0.717, 1.165) is 0 Å². The summed E-state index contributed by atoms with van der Waals surface area (Å²) in [6.45, 7) is 0. The first-order chi connectivity index (χ1) is 7.25. The van der Waals surface area contributed by atoms with E-state index >= 15 is 0 Å². The van der Waals surface area contributed by atoms with Gasteiger partial charge in [-0.1, -0.05) is 0 Å². The molecule has 16 heteroatoms. The largest absolute Gasteiger partial charge is 4.00 e. The summed E-state index contributed by atoms with van der Waals surface area (Å²) < 4.78 is 43.6. The van der Waals surface area contributed by atoms with Gasteiger partial charge in [-0.2, -0.15) is 0 Å². The first-order valence-electron chi connectivity index (χ1n) is 2.83. The van der Waals surface area contributed by atoms with Crippen molar-refractivity contribution in [3.63, 3.8) is 0 Å². The van der Waals surface area contributed by atoms with Crippen molar-refractivity contribution >= 4 is 44.6 Å². The van der Waals surface area contributed by atoms with Crippen LogP contribution in [0.2, 0.25) is 0 Å². The van der Waals surface area contributed by atoms with Gasteiger partial charge in [0.2, 0.25) is 0 Å². The predicted molar refractivity (Wildman–Crippen MR) is 50.0 cm³/mol. The molecule has 0 rings (SSSR count). The number of alkyl halides is 1. The number of hydrogen-bond acceptors (Lipinski definition) is 10. The van der Waals surface area contributed by atoms with Crippen molar-refractivity contribution in [1.82, 2.24) is 0 Å². The Bertz CT molecular complexity index is 207. The first kappa shape index (κ1) is 27.1. The standard InChI is InChI=1S/CH3Cl.2H4O5P2.W/c1-2;2*1-6(2)5-7(3)4;/h1H3;2*6-7H,(H,1,2)(H,3,4);/q;;;+4/p-4. The Hall–Kier alpha value is 1.66. The van der Waals surface area contributed by atoms with Gasteiger partial charge in [0.05, 0.1) is 0 Å². The van der Waals surface area contributed by atoms with E-state index in [4.69, 9.17) is 0 Å². The van der Waals surface area contributed by atoms with Crippen LogP contribution in [0.1, 0.15) is 0 Å².